The molecule has 1 aliphatic heterocycles. The van der Waals surface area contributed by atoms with Crippen molar-refractivity contribution in [1.29, 1.82) is 0 Å². The third-order valence-corrected chi connectivity index (χ3v) is 5.83. The number of hydrogen-bond donors (Lipinski definition) is 0. The predicted octanol–water partition coefficient (Wildman–Crippen LogP) is 1.36. The van der Waals surface area contributed by atoms with Crippen LogP contribution in [-0.4, -0.2) is 65.6 Å². The molecular weight excluding hydrogens is 410 g/mol. The maximum atomic E-state index is 12.6. The molecule has 0 radical (unpaired) electrons. The summed E-state index contributed by atoms with van der Waals surface area (Å²) in [5.74, 6) is -0.137. The molecule has 9 nitrogen and oxygen atoms in total. The molecule has 2 rings (SSSR count). The largest absolute Gasteiger partial charge is 0.445 e. The highest BCUT2D eigenvalue weighted by Crippen LogP contribution is 2.40. The molecule has 2 atom stereocenters. The quantitative estimate of drug-likeness (QED) is 0.534. The van der Waals surface area contributed by atoms with Crippen LogP contribution in [0, 0.1) is 5.92 Å². The van der Waals surface area contributed by atoms with Crippen LogP contribution in [0.5, 0.6) is 0 Å². The summed E-state index contributed by atoms with van der Waals surface area (Å²) in [6.45, 7) is 1.71. The fourth-order valence-corrected chi connectivity index (χ4v) is 3.89. The second-order valence-electron chi connectivity index (χ2n) is 6.90. The van der Waals surface area contributed by atoms with Crippen LogP contribution in [0.3, 0.4) is 0 Å². The summed E-state index contributed by atoms with van der Waals surface area (Å²) in [6, 6.07) is 9.11. The lowest BCUT2D eigenvalue weighted by molar-refractivity contribution is -0.0942. The smallest absolute Gasteiger partial charge is 0.410 e. The molecule has 1 fully saturated rings. The van der Waals surface area contributed by atoms with E-state index >= 15 is 0 Å². The van der Waals surface area contributed by atoms with E-state index in [1.807, 2.05) is 37.3 Å². The number of likely N-dealkylation sites (tertiary alicyclic amines) is 1. The maximum absolute atomic E-state index is 12.6. The second kappa shape index (κ2) is 8.76. The number of carbonyl (C=O) groups is 1. The summed E-state index contributed by atoms with van der Waals surface area (Å²) >= 11 is 0. The van der Waals surface area contributed by atoms with Crippen LogP contribution in [-0.2, 0) is 39.9 Å². The van der Waals surface area contributed by atoms with Crippen molar-refractivity contribution >= 4 is 26.3 Å². The van der Waals surface area contributed by atoms with Crippen molar-refractivity contribution in [3.8, 4) is 0 Å². The van der Waals surface area contributed by atoms with Gasteiger partial charge in [0.25, 0.3) is 20.2 Å². The van der Waals surface area contributed by atoms with Crippen LogP contribution in [0.15, 0.2) is 30.3 Å². The number of amides is 1. The Hall–Kier alpha value is -1.69. The zero-order valence-corrected chi connectivity index (χ0v) is 17.7. The molecule has 0 spiro atoms. The van der Waals surface area contributed by atoms with Crippen LogP contribution in [0.1, 0.15) is 18.9 Å². The average Bonchev–Trinajstić information content (AvgIpc) is 2.59. The van der Waals surface area contributed by atoms with Gasteiger partial charge in [-0.3, -0.25) is 13.3 Å². The van der Waals surface area contributed by atoms with E-state index in [9.17, 15) is 21.6 Å². The Balaban J connectivity index is 2.11. The molecule has 28 heavy (non-hydrogen) atoms. The molecule has 0 aromatic heterocycles. The van der Waals surface area contributed by atoms with Crippen LogP contribution in [0.25, 0.3) is 0 Å². The van der Waals surface area contributed by atoms with Gasteiger partial charge >= 0.3 is 6.09 Å². The van der Waals surface area contributed by atoms with E-state index in [1.54, 1.807) is 0 Å². The average molecular weight is 436 g/mol. The van der Waals surface area contributed by atoms with Crippen LogP contribution >= 0.6 is 0 Å². The van der Waals surface area contributed by atoms with Gasteiger partial charge in [-0.25, -0.2) is 4.79 Å². The van der Waals surface area contributed by atoms with E-state index in [2.05, 4.69) is 0 Å². The molecule has 1 aromatic carbocycles. The molecule has 0 unspecified atom stereocenters. The zero-order chi connectivity index (χ0) is 21.0. The monoisotopic (exact) mass is 435 g/mol. The second-order valence-corrected chi connectivity index (χ2v) is 10.2. The Morgan fingerprint density at radius 3 is 2.25 bits per heavy atom. The Morgan fingerprint density at radius 2 is 1.71 bits per heavy atom. The fourth-order valence-electron chi connectivity index (χ4n) is 3.09. The van der Waals surface area contributed by atoms with Gasteiger partial charge in [-0.2, -0.15) is 16.8 Å². The highest BCUT2D eigenvalue weighted by molar-refractivity contribution is 7.86. The van der Waals surface area contributed by atoms with Gasteiger partial charge in [-0.05, 0) is 17.9 Å². The van der Waals surface area contributed by atoms with Crippen molar-refractivity contribution in [3.63, 3.8) is 0 Å². The van der Waals surface area contributed by atoms with E-state index in [-0.39, 0.29) is 32.2 Å². The third-order valence-electron chi connectivity index (χ3n) is 4.69. The first-order valence-corrected chi connectivity index (χ1v) is 12.2. The number of nitrogens with zero attached hydrogens (tertiary/aromatic N) is 1. The van der Waals surface area contributed by atoms with Gasteiger partial charge in [0.05, 0.1) is 31.3 Å². The molecule has 1 aromatic rings. The van der Waals surface area contributed by atoms with Gasteiger partial charge in [0.15, 0.2) is 0 Å². The number of carbonyl (C=O) groups excluding carboxylic acids is 1. The SMILES string of the molecule is C[C@H]1CN(C(=O)OCc2ccccc2)[C@@]1(CCOS(C)(=O)=O)COS(C)(=O)=O. The minimum absolute atomic E-state index is 0.0629. The minimum atomic E-state index is -3.75. The highest BCUT2D eigenvalue weighted by Gasteiger charge is 2.54. The number of ether oxygens (including phenoxy) is 1. The van der Waals surface area contributed by atoms with Gasteiger partial charge in [0.2, 0.25) is 0 Å². The van der Waals surface area contributed by atoms with Gasteiger partial charge in [-0.15, -0.1) is 0 Å². The zero-order valence-electron chi connectivity index (χ0n) is 16.0. The number of benzene rings is 1. The van der Waals surface area contributed by atoms with Gasteiger partial charge in [0.1, 0.15) is 6.61 Å². The standard InChI is InChI=1S/C17H25NO8S2/c1-14-11-18(16(19)24-12-15-7-5-4-6-8-15)17(14,13-26-28(3,22)23)9-10-25-27(2,20)21/h4-8,14H,9-13H2,1-3H3/t14-,17-/m0/s1. The Labute approximate surface area is 165 Å². The molecule has 11 heteroatoms. The summed E-state index contributed by atoms with van der Waals surface area (Å²) in [5.41, 5.74) is -0.232. The van der Waals surface area contributed by atoms with E-state index < -0.39 is 31.9 Å². The van der Waals surface area contributed by atoms with Crippen LogP contribution < -0.4 is 0 Å². The lowest BCUT2D eigenvalue weighted by atomic mass is 9.73. The summed E-state index contributed by atoms with van der Waals surface area (Å²) < 4.78 is 60.5. The molecule has 0 aliphatic carbocycles. The van der Waals surface area contributed by atoms with E-state index in [1.165, 1.54) is 4.90 Å². The topological polar surface area (TPSA) is 116 Å². The van der Waals surface area contributed by atoms with E-state index in [0.717, 1.165) is 18.1 Å². The number of rotatable bonds is 9. The maximum Gasteiger partial charge on any atom is 0.410 e. The molecule has 0 N–H and O–H groups in total. The summed E-state index contributed by atoms with van der Waals surface area (Å²) in [4.78, 5) is 14.0. The molecule has 158 valence electrons. The third kappa shape index (κ3) is 6.16. The van der Waals surface area contributed by atoms with E-state index in [4.69, 9.17) is 13.1 Å². The normalized spacial score (nSPS) is 22.5. The van der Waals surface area contributed by atoms with Gasteiger partial charge < -0.3 is 4.74 Å². The first-order valence-electron chi connectivity index (χ1n) is 8.60. The number of hydrogen-bond acceptors (Lipinski definition) is 8. The first kappa shape index (κ1) is 22.6. The molecule has 1 amide bonds. The fraction of sp³-hybridized carbons (Fsp3) is 0.588. The van der Waals surface area contributed by atoms with Crippen molar-refractivity contribution in [2.75, 3.05) is 32.3 Å². The first-order chi connectivity index (χ1) is 12.9. The van der Waals surface area contributed by atoms with Gasteiger partial charge in [0, 0.05) is 6.54 Å². The van der Waals surface area contributed by atoms with Crippen LogP contribution in [0.2, 0.25) is 0 Å². The Kier molecular flexibility index (Phi) is 7.07. The highest BCUT2D eigenvalue weighted by atomic mass is 32.2. The lowest BCUT2D eigenvalue weighted by Gasteiger charge is -2.56. The van der Waals surface area contributed by atoms with Gasteiger partial charge in [-0.1, -0.05) is 37.3 Å². The molecule has 1 aliphatic rings. The van der Waals surface area contributed by atoms with Crippen molar-refractivity contribution < 1.29 is 34.7 Å². The molecule has 0 saturated carbocycles. The molecule has 1 heterocycles. The Bertz CT molecular complexity index is 885. The minimum Gasteiger partial charge on any atom is -0.445 e. The Morgan fingerprint density at radius 1 is 1.11 bits per heavy atom. The summed E-state index contributed by atoms with van der Waals surface area (Å²) in [5, 5.41) is 0. The molecular formula is C17H25NO8S2. The van der Waals surface area contributed by atoms with Crippen molar-refractivity contribution in [1.82, 2.24) is 4.90 Å². The molecule has 0 bridgehead atoms. The van der Waals surface area contributed by atoms with E-state index in [0.29, 0.717) is 6.54 Å². The predicted molar refractivity (Wildman–Crippen MR) is 101 cm³/mol. The lowest BCUT2D eigenvalue weighted by Crippen LogP contribution is -2.70. The van der Waals surface area contributed by atoms with Crippen LogP contribution in [0.4, 0.5) is 4.79 Å². The summed E-state index contributed by atoms with van der Waals surface area (Å²) in [6.07, 6.45) is 1.29. The molecule has 1 saturated heterocycles. The summed E-state index contributed by atoms with van der Waals surface area (Å²) in [7, 11) is -7.42. The van der Waals surface area contributed by atoms with Crippen molar-refractivity contribution in [2.24, 2.45) is 5.92 Å². The van der Waals surface area contributed by atoms with Crippen molar-refractivity contribution in [3.05, 3.63) is 35.9 Å². The van der Waals surface area contributed by atoms with Crippen molar-refractivity contribution in [2.45, 2.75) is 25.5 Å².